The average molecular weight is 532 g/mol. The number of aromatic nitrogens is 1. The summed E-state index contributed by atoms with van der Waals surface area (Å²) < 4.78 is 18.8. The minimum Gasteiger partial charge on any atom is -0.497 e. The van der Waals surface area contributed by atoms with Crippen LogP contribution in [0, 0.1) is 17.7 Å². The van der Waals surface area contributed by atoms with Gasteiger partial charge in [0.25, 0.3) is 0 Å². The first-order chi connectivity index (χ1) is 17.4. The first-order valence-electron chi connectivity index (χ1n) is 12.1. The minimum atomic E-state index is -0.770. The fourth-order valence-corrected chi connectivity index (χ4v) is 6.20. The van der Waals surface area contributed by atoms with Gasteiger partial charge in [-0.3, -0.25) is 9.78 Å². The third-order valence-corrected chi connectivity index (χ3v) is 8.19. The number of piperidine rings is 1. The van der Waals surface area contributed by atoms with Crippen LogP contribution in [0.2, 0.25) is 5.02 Å². The zero-order chi connectivity index (χ0) is 25.7. The van der Waals surface area contributed by atoms with E-state index in [0.717, 1.165) is 46.6 Å². The number of rotatable bonds is 10. The van der Waals surface area contributed by atoms with Crippen LogP contribution in [-0.2, 0) is 4.79 Å². The van der Waals surface area contributed by atoms with Gasteiger partial charge in [-0.1, -0.05) is 17.7 Å². The zero-order valence-electron chi connectivity index (χ0n) is 20.2. The Labute approximate surface area is 220 Å². The second-order valence-corrected chi connectivity index (χ2v) is 10.8. The Morgan fingerprint density at radius 3 is 2.94 bits per heavy atom. The number of halogens is 2. The number of thioether (sulfide) groups is 1. The molecule has 2 aromatic carbocycles. The Hall–Kier alpha value is -2.39. The first-order valence-corrected chi connectivity index (χ1v) is 13.4. The Balaban J connectivity index is 1.36. The van der Waals surface area contributed by atoms with Crippen molar-refractivity contribution in [3.8, 4) is 5.75 Å². The van der Waals surface area contributed by atoms with E-state index in [1.807, 2.05) is 24.3 Å². The van der Waals surface area contributed by atoms with Crippen molar-refractivity contribution in [2.24, 2.45) is 17.6 Å². The predicted octanol–water partition coefficient (Wildman–Crippen LogP) is 5.63. The van der Waals surface area contributed by atoms with E-state index in [4.69, 9.17) is 22.1 Å². The number of ether oxygens (including phenoxy) is 1. The molecule has 0 unspecified atom stereocenters. The lowest BCUT2D eigenvalue weighted by atomic mass is 9.81. The molecule has 3 atom stereocenters. The lowest BCUT2D eigenvalue weighted by Crippen LogP contribution is -2.44. The molecular formula is C27H31ClFN3O3S. The fraction of sp³-hybridized carbons (Fsp3) is 0.407. The van der Waals surface area contributed by atoms with Crippen LogP contribution in [0.4, 0.5) is 4.39 Å². The number of fused-ring (bicyclic) bond motifs is 1. The minimum absolute atomic E-state index is 0.0436. The molecule has 9 heteroatoms. The molecule has 6 nitrogen and oxygen atoms in total. The first kappa shape index (κ1) is 26.7. The lowest BCUT2D eigenvalue weighted by Gasteiger charge is -2.37. The number of carboxylic acid groups (broad SMARTS) is 1. The number of hydrogen-bond donors (Lipinski definition) is 2. The summed E-state index contributed by atoms with van der Waals surface area (Å²) in [6.45, 7) is 2.11. The molecule has 1 aliphatic rings. The topological polar surface area (TPSA) is 88.7 Å². The van der Waals surface area contributed by atoms with Crippen molar-refractivity contribution in [1.29, 1.82) is 0 Å². The highest BCUT2D eigenvalue weighted by Gasteiger charge is 2.34. The number of nitrogens with zero attached hydrogens (tertiary/aromatic N) is 2. The van der Waals surface area contributed by atoms with Gasteiger partial charge >= 0.3 is 5.97 Å². The summed E-state index contributed by atoms with van der Waals surface area (Å²) in [5.41, 5.74) is 8.22. The Morgan fingerprint density at radius 1 is 1.36 bits per heavy atom. The van der Waals surface area contributed by atoms with E-state index < -0.39 is 11.9 Å². The van der Waals surface area contributed by atoms with Crippen LogP contribution >= 0.6 is 23.4 Å². The second-order valence-electron chi connectivity index (χ2n) is 9.19. The molecule has 0 amide bonds. The Bertz CT molecular complexity index is 1210. The molecule has 192 valence electrons. The third kappa shape index (κ3) is 6.48. The van der Waals surface area contributed by atoms with Crippen molar-refractivity contribution in [1.82, 2.24) is 9.88 Å². The van der Waals surface area contributed by atoms with Crippen molar-refractivity contribution in [3.63, 3.8) is 0 Å². The third-order valence-electron chi connectivity index (χ3n) is 6.92. The Morgan fingerprint density at radius 2 is 2.19 bits per heavy atom. The van der Waals surface area contributed by atoms with Gasteiger partial charge in [0, 0.05) is 41.4 Å². The van der Waals surface area contributed by atoms with E-state index in [1.165, 1.54) is 12.1 Å². The molecule has 4 rings (SSSR count). The Kier molecular flexibility index (Phi) is 9.06. The number of aliphatic carboxylic acids is 1. The van der Waals surface area contributed by atoms with Gasteiger partial charge in [0.1, 0.15) is 11.6 Å². The molecule has 3 N–H and O–H groups in total. The molecule has 1 saturated heterocycles. The summed E-state index contributed by atoms with van der Waals surface area (Å²) in [4.78, 5) is 19.6. The predicted molar refractivity (Wildman–Crippen MR) is 142 cm³/mol. The largest absolute Gasteiger partial charge is 0.497 e. The highest BCUT2D eigenvalue weighted by atomic mass is 35.5. The van der Waals surface area contributed by atoms with Gasteiger partial charge in [-0.25, -0.2) is 4.39 Å². The quantitative estimate of drug-likeness (QED) is 0.328. The van der Waals surface area contributed by atoms with Crippen LogP contribution in [0.1, 0.15) is 30.9 Å². The number of carbonyl (C=O) groups is 1. The molecule has 0 bridgehead atoms. The summed E-state index contributed by atoms with van der Waals surface area (Å²) in [6, 6.07) is 11.8. The maximum atomic E-state index is 13.4. The normalized spacial score (nSPS) is 19.3. The van der Waals surface area contributed by atoms with Gasteiger partial charge in [0.2, 0.25) is 0 Å². The lowest BCUT2D eigenvalue weighted by molar-refractivity contribution is -0.146. The van der Waals surface area contributed by atoms with Crippen molar-refractivity contribution in [2.45, 2.75) is 30.2 Å². The highest BCUT2D eigenvalue weighted by molar-refractivity contribution is 7.99. The van der Waals surface area contributed by atoms with E-state index in [2.05, 4.69) is 9.88 Å². The average Bonchev–Trinajstić information content (AvgIpc) is 2.87. The fourth-order valence-electron chi connectivity index (χ4n) is 4.96. The van der Waals surface area contributed by atoms with Gasteiger partial charge in [-0.05, 0) is 73.7 Å². The van der Waals surface area contributed by atoms with Crippen molar-refractivity contribution in [3.05, 3.63) is 65.1 Å². The molecule has 0 saturated carbocycles. The van der Waals surface area contributed by atoms with E-state index >= 15 is 0 Å². The summed E-state index contributed by atoms with van der Waals surface area (Å²) in [6.07, 6.45) is 3.74. The van der Waals surface area contributed by atoms with Crippen LogP contribution in [0.25, 0.3) is 10.9 Å². The molecule has 3 aromatic rings. The summed E-state index contributed by atoms with van der Waals surface area (Å²) in [7, 11) is 1.61. The molecule has 36 heavy (non-hydrogen) atoms. The molecule has 1 aromatic heterocycles. The second kappa shape index (κ2) is 12.2. The summed E-state index contributed by atoms with van der Waals surface area (Å²) >= 11 is 8.09. The van der Waals surface area contributed by atoms with Crippen LogP contribution < -0.4 is 10.5 Å². The van der Waals surface area contributed by atoms with Gasteiger partial charge in [-0.15, -0.1) is 11.8 Å². The van der Waals surface area contributed by atoms with E-state index in [-0.39, 0.29) is 17.8 Å². The monoisotopic (exact) mass is 531 g/mol. The number of carboxylic acids is 1. The SMILES string of the molecule is COc1ccc2ncc(Cl)c([C@@H](N)CC[C@H]3CCN(CCSc4cccc(F)c4)C[C@H]3C(=O)O)c2c1. The molecule has 0 aliphatic carbocycles. The molecule has 1 fully saturated rings. The van der Waals surface area contributed by atoms with Crippen LogP contribution in [-0.4, -0.2) is 53.5 Å². The molecule has 0 radical (unpaired) electrons. The maximum absolute atomic E-state index is 13.4. The van der Waals surface area contributed by atoms with Gasteiger partial charge < -0.3 is 20.5 Å². The maximum Gasteiger partial charge on any atom is 0.308 e. The molecular weight excluding hydrogens is 501 g/mol. The van der Waals surface area contributed by atoms with Crippen molar-refractivity contribution in [2.75, 3.05) is 32.5 Å². The summed E-state index contributed by atoms with van der Waals surface area (Å²) in [5.74, 6) is 0.0618. The number of methoxy groups -OCH3 is 1. The van der Waals surface area contributed by atoms with Crippen LogP contribution in [0.3, 0.4) is 0 Å². The smallest absolute Gasteiger partial charge is 0.308 e. The molecule has 2 heterocycles. The molecule has 0 spiro atoms. The van der Waals surface area contributed by atoms with Crippen molar-refractivity contribution >= 4 is 40.2 Å². The number of hydrogen-bond acceptors (Lipinski definition) is 6. The molecule has 1 aliphatic heterocycles. The highest BCUT2D eigenvalue weighted by Crippen LogP contribution is 2.36. The van der Waals surface area contributed by atoms with Crippen LogP contribution in [0.5, 0.6) is 5.75 Å². The van der Waals surface area contributed by atoms with E-state index in [0.29, 0.717) is 30.2 Å². The number of likely N-dealkylation sites (tertiary alicyclic amines) is 1. The number of pyridine rings is 1. The summed E-state index contributed by atoms with van der Waals surface area (Å²) in [5, 5.41) is 11.3. The van der Waals surface area contributed by atoms with Crippen molar-refractivity contribution < 1.29 is 19.0 Å². The number of benzene rings is 2. The van der Waals surface area contributed by atoms with E-state index in [9.17, 15) is 14.3 Å². The van der Waals surface area contributed by atoms with E-state index in [1.54, 1.807) is 31.1 Å². The van der Waals surface area contributed by atoms with Gasteiger partial charge in [0.05, 0.1) is 23.6 Å². The van der Waals surface area contributed by atoms with Gasteiger partial charge in [-0.2, -0.15) is 0 Å². The zero-order valence-corrected chi connectivity index (χ0v) is 21.8. The number of nitrogens with two attached hydrogens (primary N) is 1. The standard InChI is InChI=1S/C27H31ClFN3O3S/c1-35-19-6-8-25-21(14-19)26(23(28)15-31-25)24(30)7-5-17-9-10-32(16-22(17)27(33)34)11-12-36-20-4-2-3-18(29)13-20/h2-4,6,8,13-15,17,22,24H,5,7,9-12,16,30H2,1H3,(H,33,34)/t17-,22+,24-/m0/s1. The van der Waals surface area contributed by atoms with Gasteiger partial charge in [0.15, 0.2) is 0 Å². The van der Waals surface area contributed by atoms with Crippen LogP contribution in [0.15, 0.2) is 53.6 Å².